The summed E-state index contributed by atoms with van der Waals surface area (Å²) in [5.74, 6) is 0.605. The van der Waals surface area contributed by atoms with E-state index in [9.17, 15) is 13.2 Å². The molecule has 142 valence electrons. The second kappa shape index (κ2) is 7.86. The van der Waals surface area contributed by atoms with Crippen LogP contribution in [0.5, 0.6) is 0 Å². The maximum absolute atomic E-state index is 13.3. The highest BCUT2D eigenvalue weighted by atomic mass is 32.2. The fourth-order valence-corrected chi connectivity index (χ4v) is 5.09. The Morgan fingerprint density at radius 3 is 2.44 bits per heavy atom. The van der Waals surface area contributed by atoms with Crippen LogP contribution in [0.1, 0.15) is 25.3 Å². The summed E-state index contributed by atoms with van der Waals surface area (Å²) in [5.41, 5.74) is 2.30. The molecule has 0 atom stereocenters. The van der Waals surface area contributed by atoms with E-state index in [1.54, 1.807) is 16.7 Å². The molecule has 27 heavy (non-hydrogen) atoms. The monoisotopic (exact) mass is 402 g/mol. The lowest BCUT2D eigenvalue weighted by Crippen LogP contribution is -2.23. The minimum Gasteiger partial charge on any atom is -0.268 e. The largest absolute Gasteiger partial charge is 0.268 e. The van der Waals surface area contributed by atoms with E-state index in [1.807, 2.05) is 36.4 Å². The molecule has 1 aromatic heterocycles. The molecule has 0 saturated heterocycles. The first kappa shape index (κ1) is 19.6. The van der Waals surface area contributed by atoms with Gasteiger partial charge in [0.1, 0.15) is 9.84 Å². The highest BCUT2D eigenvalue weighted by Crippen LogP contribution is 2.27. The van der Waals surface area contributed by atoms with E-state index in [4.69, 9.17) is 0 Å². The molecule has 0 aliphatic heterocycles. The first-order chi connectivity index (χ1) is 12.8. The third-order valence-electron chi connectivity index (χ3n) is 4.23. The Morgan fingerprint density at radius 2 is 1.74 bits per heavy atom. The van der Waals surface area contributed by atoms with E-state index < -0.39 is 9.84 Å². The minimum absolute atomic E-state index is 0.0339. The molecular weight excluding hydrogens is 380 g/mol. The summed E-state index contributed by atoms with van der Waals surface area (Å²) < 4.78 is 24.6. The molecule has 0 saturated carbocycles. The normalized spacial score (nSPS) is 12.0. The number of hydrogen-bond donors (Lipinski definition) is 0. The smallest absolute Gasteiger partial charge is 0.266 e. The number of rotatable bonds is 6. The summed E-state index contributed by atoms with van der Waals surface area (Å²) in [6.45, 7) is 4.16. The summed E-state index contributed by atoms with van der Waals surface area (Å²) >= 11 is 1.29. The van der Waals surface area contributed by atoms with Crippen LogP contribution in [-0.2, 0) is 9.84 Å². The molecule has 3 aromatic rings. The van der Waals surface area contributed by atoms with Gasteiger partial charge in [0, 0.05) is 12.0 Å². The van der Waals surface area contributed by atoms with Crippen molar-refractivity contribution in [3.05, 3.63) is 64.4 Å². The number of thioether (sulfide) groups is 1. The predicted octanol–water partition coefficient (Wildman–Crippen LogP) is 3.65. The van der Waals surface area contributed by atoms with Crippen LogP contribution in [0.3, 0.4) is 0 Å². The van der Waals surface area contributed by atoms with Gasteiger partial charge in [-0.2, -0.15) is 0 Å². The maximum atomic E-state index is 13.3. The minimum atomic E-state index is -3.08. The van der Waals surface area contributed by atoms with E-state index in [1.165, 1.54) is 18.0 Å². The van der Waals surface area contributed by atoms with Crippen LogP contribution in [0.4, 0.5) is 0 Å². The van der Waals surface area contributed by atoms with Crippen molar-refractivity contribution in [1.82, 2.24) is 9.55 Å². The molecule has 0 spiro atoms. The van der Waals surface area contributed by atoms with E-state index in [-0.39, 0.29) is 17.2 Å². The lowest BCUT2D eigenvalue weighted by Gasteiger charge is -2.18. The average Bonchev–Trinajstić information content (AvgIpc) is 2.61. The molecule has 1 heterocycles. The Balaban J connectivity index is 2.22. The zero-order valence-corrected chi connectivity index (χ0v) is 17.2. The average molecular weight is 403 g/mol. The first-order valence-corrected chi connectivity index (χ1v) is 11.7. The van der Waals surface area contributed by atoms with Crippen molar-refractivity contribution in [2.75, 3.05) is 17.8 Å². The van der Waals surface area contributed by atoms with Crippen LogP contribution in [0.2, 0.25) is 0 Å². The highest BCUT2D eigenvalue weighted by molar-refractivity contribution is 8.00. The third kappa shape index (κ3) is 4.42. The molecule has 7 heteroatoms. The molecule has 0 radical (unpaired) electrons. The standard InChI is InChI=1S/C20H22N2O3S2/c1-14(2)15-8-5-7-11-18(15)22-19(23)16-9-4-6-10-17(16)21-20(22)26-12-13-27(3,24)25/h4-11,14H,12-13H2,1-3H3. The maximum Gasteiger partial charge on any atom is 0.266 e. The van der Waals surface area contributed by atoms with Gasteiger partial charge in [-0.05, 0) is 29.7 Å². The lowest BCUT2D eigenvalue weighted by molar-refractivity contribution is 0.603. The Bertz CT molecular complexity index is 1140. The summed E-state index contributed by atoms with van der Waals surface area (Å²) in [7, 11) is -3.08. The van der Waals surface area contributed by atoms with Gasteiger partial charge >= 0.3 is 0 Å². The molecule has 0 aliphatic carbocycles. The van der Waals surface area contributed by atoms with Gasteiger partial charge in [0.05, 0.1) is 22.3 Å². The van der Waals surface area contributed by atoms with Gasteiger partial charge in [0.25, 0.3) is 5.56 Å². The SMILES string of the molecule is CC(C)c1ccccc1-n1c(SCCS(C)(=O)=O)nc2ccccc2c1=O. The second-order valence-electron chi connectivity index (χ2n) is 6.74. The zero-order chi connectivity index (χ0) is 19.6. The van der Waals surface area contributed by atoms with Gasteiger partial charge in [-0.3, -0.25) is 9.36 Å². The van der Waals surface area contributed by atoms with Crippen LogP contribution in [0.25, 0.3) is 16.6 Å². The number of fused-ring (bicyclic) bond motifs is 1. The van der Waals surface area contributed by atoms with Gasteiger partial charge in [-0.25, -0.2) is 13.4 Å². The molecule has 0 amide bonds. The summed E-state index contributed by atoms with van der Waals surface area (Å²) in [4.78, 5) is 17.9. The topological polar surface area (TPSA) is 69.0 Å². The molecule has 0 N–H and O–H groups in total. The van der Waals surface area contributed by atoms with E-state index in [0.29, 0.717) is 21.8 Å². The summed E-state index contributed by atoms with van der Waals surface area (Å²) in [6, 6.07) is 15.0. The molecule has 0 bridgehead atoms. The Kier molecular flexibility index (Phi) is 5.72. The van der Waals surface area contributed by atoms with E-state index >= 15 is 0 Å². The number of nitrogens with zero attached hydrogens (tertiary/aromatic N) is 2. The zero-order valence-electron chi connectivity index (χ0n) is 15.5. The van der Waals surface area contributed by atoms with Crippen molar-refractivity contribution in [3.8, 4) is 5.69 Å². The third-order valence-corrected chi connectivity index (χ3v) is 6.37. The molecule has 0 aliphatic rings. The lowest BCUT2D eigenvalue weighted by atomic mass is 10.0. The van der Waals surface area contributed by atoms with Crippen LogP contribution in [0.15, 0.2) is 58.5 Å². The van der Waals surface area contributed by atoms with Crippen LogP contribution in [0, 0.1) is 0 Å². The van der Waals surface area contributed by atoms with Crippen molar-refractivity contribution in [1.29, 1.82) is 0 Å². The molecule has 0 unspecified atom stereocenters. The van der Waals surface area contributed by atoms with Gasteiger partial charge in [0.2, 0.25) is 0 Å². The molecular formula is C20H22N2O3S2. The van der Waals surface area contributed by atoms with Crippen molar-refractivity contribution < 1.29 is 8.42 Å². The molecule has 3 rings (SSSR count). The summed E-state index contributed by atoms with van der Waals surface area (Å²) in [6.07, 6.45) is 1.21. The number of sulfone groups is 1. The van der Waals surface area contributed by atoms with Crippen LogP contribution in [-0.4, -0.2) is 35.7 Å². The van der Waals surface area contributed by atoms with Gasteiger partial charge in [0.15, 0.2) is 5.16 Å². The number of hydrogen-bond acceptors (Lipinski definition) is 5. The van der Waals surface area contributed by atoms with Crippen molar-refractivity contribution >= 4 is 32.5 Å². The van der Waals surface area contributed by atoms with Gasteiger partial charge in [-0.15, -0.1) is 0 Å². The number of para-hydroxylation sites is 2. The molecule has 2 aromatic carbocycles. The molecule has 5 nitrogen and oxygen atoms in total. The number of benzene rings is 2. The van der Waals surface area contributed by atoms with Gasteiger partial charge in [-0.1, -0.05) is 55.9 Å². The van der Waals surface area contributed by atoms with Crippen LogP contribution < -0.4 is 5.56 Å². The van der Waals surface area contributed by atoms with Crippen molar-refractivity contribution in [2.45, 2.75) is 24.9 Å². The first-order valence-electron chi connectivity index (χ1n) is 8.69. The predicted molar refractivity (Wildman–Crippen MR) is 112 cm³/mol. The summed E-state index contributed by atoms with van der Waals surface area (Å²) in [5, 5.41) is 1.05. The van der Waals surface area contributed by atoms with E-state index in [2.05, 4.69) is 18.8 Å². The number of aromatic nitrogens is 2. The second-order valence-corrected chi connectivity index (χ2v) is 10.1. The van der Waals surface area contributed by atoms with Crippen LogP contribution >= 0.6 is 11.8 Å². The Hall–Kier alpha value is -2.12. The molecule has 0 fully saturated rings. The van der Waals surface area contributed by atoms with Crippen molar-refractivity contribution in [3.63, 3.8) is 0 Å². The fourth-order valence-electron chi connectivity index (χ4n) is 2.89. The Labute approximate surface area is 163 Å². The fraction of sp³-hybridized carbons (Fsp3) is 0.300. The van der Waals surface area contributed by atoms with E-state index in [0.717, 1.165) is 11.3 Å². The highest BCUT2D eigenvalue weighted by Gasteiger charge is 2.17. The quantitative estimate of drug-likeness (QED) is 0.465. The van der Waals surface area contributed by atoms with Crippen molar-refractivity contribution in [2.24, 2.45) is 0 Å². The van der Waals surface area contributed by atoms with Gasteiger partial charge < -0.3 is 0 Å². The Morgan fingerprint density at radius 1 is 1.07 bits per heavy atom.